The van der Waals surface area contributed by atoms with E-state index in [-0.39, 0.29) is 24.2 Å². The van der Waals surface area contributed by atoms with Gasteiger partial charge in [-0.2, -0.15) is 0 Å². The van der Waals surface area contributed by atoms with Crippen LogP contribution in [0.1, 0.15) is 59.1 Å². The highest BCUT2D eigenvalue weighted by Crippen LogP contribution is 2.17. The second-order valence-corrected chi connectivity index (χ2v) is 7.41. The molecule has 1 fully saturated rings. The van der Waals surface area contributed by atoms with Crippen LogP contribution in [-0.4, -0.2) is 47.5 Å². The lowest BCUT2D eigenvalue weighted by Crippen LogP contribution is -2.35. The van der Waals surface area contributed by atoms with Crippen LogP contribution in [0.5, 0.6) is 0 Å². The lowest BCUT2D eigenvalue weighted by molar-refractivity contribution is 0.0524. The molecule has 0 saturated carbocycles. The summed E-state index contributed by atoms with van der Waals surface area (Å²) < 4.78 is 4.98. The minimum atomic E-state index is -0.461. The van der Waals surface area contributed by atoms with E-state index >= 15 is 0 Å². The molecule has 164 valence electrons. The largest absolute Gasteiger partial charge is 0.462 e. The second-order valence-electron chi connectivity index (χ2n) is 7.41. The van der Waals surface area contributed by atoms with Gasteiger partial charge in [-0.1, -0.05) is 12.8 Å². The Balaban J connectivity index is 1.59. The van der Waals surface area contributed by atoms with Crippen LogP contribution >= 0.6 is 0 Å². The molecule has 0 spiro atoms. The summed E-state index contributed by atoms with van der Waals surface area (Å²) in [6.45, 7) is 5.22. The number of aromatic nitrogens is 1. The fraction of sp³-hybridized carbons (Fsp3) is 0.391. The van der Waals surface area contributed by atoms with E-state index in [2.05, 4.69) is 15.6 Å². The number of hydrogen-bond acceptors (Lipinski definition) is 5. The zero-order valence-electron chi connectivity index (χ0n) is 17.9. The van der Waals surface area contributed by atoms with Gasteiger partial charge in [-0.05, 0) is 63.1 Å². The number of nitrogens with one attached hydrogen (secondary N) is 2. The van der Waals surface area contributed by atoms with Gasteiger partial charge < -0.3 is 20.3 Å². The maximum Gasteiger partial charge on any atom is 0.339 e. The van der Waals surface area contributed by atoms with E-state index in [1.807, 2.05) is 4.90 Å². The average molecular weight is 425 g/mol. The summed E-state index contributed by atoms with van der Waals surface area (Å²) in [6, 6.07) is 9.86. The Bertz CT molecular complexity index is 935. The standard InChI is InChI=1S/C23H28N4O4/c1-3-31-22(29)19-12-13-20(24-16(19)2)21(28)25-17-8-10-18(11-9-17)26-23(30)27-14-6-4-5-7-15-27/h8-13H,3-7,14-15H2,1-2H3,(H,25,28)(H,26,30). The number of rotatable bonds is 5. The van der Waals surface area contributed by atoms with Crippen LogP contribution in [0.4, 0.5) is 16.2 Å². The van der Waals surface area contributed by atoms with Gasteiger partial charge in [0.1, 0.15) is 5.69 Å². The quantitative estimate of drug-likeness (QED) is 0.700. The Labute approximate surface area is 182 Å². The molecule has 0 unspecified atom stereocenters. The molecular weight excluding hydrogens is 396 g/mol. The van der Waals surface area contributed by atoms with Crippen LogP contribution < -0.4 is 10.6 Å². The molecule has 1 saturated heterocycles. The SMILES string of the molecule is CCOC(=O)c1ccc(C(=O)Nc2ccc(NC(=O)N3CCCCCC3)cc2)nc1C. The molecule has 0 atom stereocenters. The summed E-state index contributed by atoms with van der Waals surface area (Å²) in [7, 11) is 0. The Morgan fingerprint density at radius 1 is 0.935 bits per heavy atom. The van der Waals surface area contributed by atoms with Crippen molar-refractivity contribution < 1.29 is 19.1 Å². The van der Waals surface area contributed by atoms with Crippen LogP contribution in [0.15, 0.2) is 36.4 Å². The van der Waals surface area contributed by atoms with Crippen LogP contribution in [0, 0.1) is 6.92 Å². The second kappa shape index (κ2) is 10.6. The van der Waals surface area contributed by atoms with Gasteiger partial charge in [-0.3, -0.25) is 4.79 Å². The number of carbonyl (C=O) groups excluding carboxylic acids is 3. The first kappa shape index (κ1) is 22.3. The number of nitrogens with zero attached hydrogens (tertiary/aromatic N) is 2. The molecule has 0 aliphatic carbocycles. The third-order valence-corrected chi connectivity index (χ3v) is 5.10. The smallest absolute Gasteiger partial charge is 0.339 e. The summed E-state index contributed by atoms with van der Waals surface area (Å²) in [5.74, 6) is -0.850. The number of amides is 3. The van der Waals surface area contributed by atoms with Crippen LogP contribution in [0.2, 0.25) is 0 Å². The van der Waals surface area contributed by atoms with E-state index in [9.17, 15) is 14.4 Å². The number of benzene rings is 1. The zero-order chi connectivity index (χ0) is 22.2. The molecule has 1 aliphatic rings. The Morgan fingerprint density at radius 2 is 1.55 bits per heavy atom. The number of ether oxygens (including phenoxy) is 1. The van der Waals surface area contributed by atoms with E-state index in [0.29, 0.717) is 22.6 Å². The minimum absolute atomic E-state index is 0.0972. The number of aryl methyl sites for hydroxylation is 1. The molecule has 1 aromatic carbocycles. The first-order valence-electron chi connectivity index (χ1n) is 10.6. The summed E-state index contributed by atoms with van der Waals surface area (Å²) in [5, 5.41) is 5.68. The number of carbonyl (C=O) groups is 3. The third-order valence-electron chi connectivity index (χ3n) is 5.10. The van der Waals surface area contributed by atoms with Gasteiger partial charge in [0, 0.05) is 24.5 Å². The molecule has 0 radical (unpaired) electrons. The maximum atomic E-state index is 12.5. The monoisotopic (exact) mass is 424 g/mol. The first-order valence-corrected chi connectivity index (χ1v) is 10.6. The highest BCUT2D eigenvalue weighted by molar-refractivity contribution is 6.03. The van der Waals surface area contributed by atoms with Gasteiger partial charge >= 0.3 is 12.0 Å². The van der Waals surface area contributed by atoms with E-state index in [0.717, 1.165) is 38.8 Å². The number of pyridine rings is 1. The van der Waals surface area contributed by atoms with Crippen molar-refractivity contribution in [2.24, 2.45) is 0 Å². The minimum Gasteiger partial charge on any atom is -0.462 e. The van der Waals surface area contributed by atoms with Gasteiger partial charge in [0.25, 0.3) is 5.91 Å². The molecule has 8 heteroatoms. The Kier molecular flexibility index (Phi) is 7.59. The fourth-order valence-corrected chi connectivity index (χ4v) is 3.42. The molecule has 3 rings (SSSR count). The molecule has 31 heavy (non-hydrogen) atoms. The summed E-state index contributed by atoms with van der Waals surface area (Å²) in [6.07, 6.45) is 4.40. The number of esters is 1. The van der Waals surface area contributed by atoms with Crippen molar-refractivity contribution in [3.8, 4) is 0 Å². The molecule has 2 heterocycles. The zero-order valence-corrected chi connectivity index (χ0v) is 17.9. The van der Waals surface area contributed by atoms with E-state index in [1.54, 1.807) is 38.1 Å². The van der Waals surface area contributed by atoms with Gasteiger partial charge in [0.05, 0.1) is 17.9 Å². The predicted octanol–water partition coefficient (Wildman–Crippen LogP) is 4.23. The van der Waals surface area contributed by atoms with Crippen LogP contribution in [0.25, 0.3) is 0 Å². The van der Waals surface area contributed by atoms with Crippen LogP contribution in [-0.2, 0) is 4.74 Å². The van der Waals surface area contributed by atoms with E-state index in [4.69, 9.17) is 4.74 Å². The van der Waals surface area contributed by atoms with Crippen LogP contribution in [0.3, 0.4) is 0 Å². The Morgan fingerprint density at radius 3 is 2.13 bits per heavy atom. The first-order chi connectivity index (χ1) is 15.0. The highest BCUT2D eigenvalue weighted by atomic mass is 16.5. The maximum absolute atomic E-state index is 12.5. The number of hydrogen-bond donors (Lipinski definition) is 2. The molecule has 2 N–H and O–H groups in total. The predicted molar refractivity (Wildman–Crippen MR) is 118 cm³/mol. The normalized spacial score (nSPS) is 13.8. The lowest BCUT2D eigenvalue weighted by Gasteiger charge is -2.20. The molecule has 2 aromatic rings. The molecular formula is C23H28N4O4. The van der Waals surface area contributed by atoms with Crippen molar-refractivity contribution in [2.75, 3.05) is 30.3 Å². The molecule has 1 aliphatic heterocycles. The summed E-state index contributed by atoms with van der Waals surface area (Å²) in [4.78, 5) is 42.9. The number of urea groups is 1. The summed E-state index contributed by atoms with van der Waals surface area (Å²) >= 11 is 0. The van der Waals surface area contributed by atoms with Gasteiger partial charge in [0.2, 0.25) is 0 Å². The van der Waals surface area contributed by atoms with Crippen molar-refractivity contribution >= 4 is 29.3 Å². The number of likely N-dealkylation sites (tertiary alicyclic amines) is 1. The topological polar surface area (TPSA) is 101 Å². The van der Waals surface area contributed by atoms with Crippen molar-refractivity contribution in [3.05, 3.63) is 53.3 Å². The molecule has 1 aromatic heterocycles. The molecule has 0 bridgehead atoms. The highest BCUT2D eigenvalue weighted by Gasteiger charge is 2.16. The average Bonchev–Trinajstić information content (AvgIpc) is 3.05. The van der Waals surface area contributed by atoms with Crippen molar-refractivity contribution in [1.82, 2.24) is 9.88 Å². The summed E-state index contributed by atoms with van der Waals surface area (Å²) in [5.41, 5.74) is 2.20. The molecule has 8 nitrogen and oxygen atoms in total. The van der Waals surface area contributed by atoms with Gasteiger partial charge in [0.15, 0.2) is 0 Å². The fourth-order valence-electron chi connectivity index (χ4n) is 3.42. The van der Waals surface area contributed by atoms with E-state index < -0.39 is 5.97 Å². The van der Waals surface area contributed by atoms with Crippen molar-refractivity contribution in [2.45, 2.75) is 39.5 Å². The van der Waals surface area contributed by atoms with Gasteiger partial charge in [-0.15, -0.1) is 0 Å². The van der Waals surface area contributed by atoms with E-state index in [1.165, 1.54) is 12.1 Å². The van der Waals surface area contributed by atoms with Crippen molar-refractivity contribution in [3.63, 3.8) is 0 Å². The third kappa shape index (κ3) is 6.04. The van der Waals surface area contributed by atoms with Gasteiger partial charge in [-0.25, -0.2) is 14.6 Å². The Hall–Kier alpha value is -3.42. The molecule has 3 amide bonds. The number of anilines is 2. The van der Waals surface area contributed by atoms with Crippen molar-refractivity contribution in [1.29, 1.82) is 0 Å². The lowest BCUT2D eigenvalue weighted by atomic mass is 10.2.